The highest BCUT2D eigenvalue weighted by atomic mass is 19.4. The number of nitrogens with two attached hydrogens (primary N) is 1. The van der Waals surface area contributed by atoms with Crippen LogP contribution in [0, 0.1) is 0 Å². The maximum atomic E-state index is 11.6. The van der Waals surface area contributed by atoms with Crippen LogP contribution >= 0.6 is 0 Å². The summed E-state index contributed by atoms with van der Waals surface area (Å²) in [7, 11) is 0. The van der Waals surface area contributed by atoms with E-state index in [2.05, 4.69) is 4.98 Å². The Balaban J connectivity index is 0.000000167. The van der Waals surface area contributed by atoms with E-state index in [-0.39, 0.29) is 6.54 Å². The average molecular weight is 319 g/mol. The van der Waals surface area contributed by atoms with Crippen LogP contribution in [-0.4, -0.2) is 11.3 Å². The van der Waals surface area contributed by atoms with Gasteiger partial charge in [0.1, 0.15) is 0 Å². The number of nitrogen functional groups attached to an aromatic ring is 1. The molecule has 3 rings (SSSR count). The molecule has 1 aromatic heterocycles. The number of nitrogens with one attached hydrogen (secondary N) is 1. The van der Waals surface area contributed by atoms with Crippen molar-refractivity contribution in [1.82, 2.24) is 10.3 Å². The second kappa shape index (κ2) is 7.60. The molecule has 3 nitrogen and oxygen atoms in total. The van der Waals surface area contributed by atoms with Gasteiger partial charge < -0.3 is 5.73 Å². The zero-order chi connectivity index (χ0) is 16.7. The van der Waals surface area contributed by atoms with Gasteiger partial charge in [-0.1, -0.05) is 36.4 Å². The van der Waals surface area contributed by atoms with Gasteiger partial charge in [-0.15, -0.1) is 0 Å². The largest absolute Gasteiger partial charge is 0.457 e. The van der Waals surface area contributed by atoms with E-state index in [0.29, 0.717) is 5.56 Å². The van der Waals surface area contributed by atoms with Gasteiger partial charge in [0, 0.05) is 23.8 Å². The molecular weight excluding hydrogens is 303 g/mol. The maximum Gasteiger partial charge on any atom is 0.457 e. The summed E-state index contributed by atoms with van der Waals surface area (Å²) in [6.07, 6.45) is -2.53. The Labute approximate surface area is 132 Å². The van der Waals surface area contributed by atoms with Gasteiger partial charge in [0.05, 0.1) is 5.52 Å². The molecule has 0 saturated heterocycles. The van der Waals surface area contributed by atoms with Gasteiger partial charge in [-0.3, -0.25) is 4.98 Å². The molecule has 6 heteroatoms. The zero-order valence-corrected chi connectivity index (χ0v) is 12.2. The number of pyridine rings is 1. The summed E-state index contributed by atoms with van der Waals surface area (Å²) in [5.41, 5.74) is 8.08. The fourth-order valence-corrected chi connectivity index (χ4v) is 1.93. The van der Waals surface area contributed by atoms with E-state index in [1.54, 1.807) is 36.5 Å². The smallest absolute Gasteiger partial charge is 0.398 e. The van der Waals surface area contributed by atoms with Crippen LogP contribution in [0.25, 0.3) is 10.9 Å². The number of rotatable bonds is 2. The molecule has 0 spiro atoms. The van der Waals surface area contributed by atoms with Gasteiger partial charge in [-0.05, 0) is 29.8 Å². The molecule has 1 heterocycles. The molecule has 3 N–H and O–H groups in total. The van der Waals surface area contributed by atoms with E-state index in [4.69, 9.17) is 5.73 Å². The van der Waals surface area contributed by atoms with Gasteiger partial charge in [0.2, 0.25) is 0 Å². The molecule has 0 radical (unpaired) electrons. The lowest BCUT2D eigenvalue weighted by Crippen LogP contribution is -2.30. The molecular formula is C17H16F3N3. The first-order valence-electron chi connectivity index (χ1n) is 6.90. The molecule has 0 aliphatic rings. The number of anilines is 1. The summed E-state index contributed by atoms with van der Waals surface area (Å²) in [5, 5.41) is 2.46. The zero-order valence-electron chi connectivity index (χ0n) is 12.2. The third kappa shape index (κ3) is 5.60. The summed E-state index contributed by atoms with van der Waals surface area (Å²) in [6.45, 7) is -0.176. The van der Waals surface area contributed by atoms with Crippen LogP contribution in [0.15, 0.2) is 66.9 Å². The molecule has 3 aromatic rings. The number of hydrogen-bond donors (Lipinski definition) is 2. The van der Waals surface area contributed by atoms with Crippen molar-refractivity contribution in [2.24, 2.45) is 0 Å². The predicted molar refractivity (Wildman–Crippen MR) is 85.5 cm³/mol. The van der Waals surface area contributed by atoms with E-state index in [9.17, 15) is 13.2 Å². The Morgan fingerprint density at radius 1 is 0.913 bits per heavy atom. The van der Waals surface area contributed by atoms with Gasteiger partial charge >= 0.3 is 6.30 Å². The third-order valence-corrected chi connectivity index (χ3v) is 3.02. The van der Waals surface area contributed by atoms with Crippen molar-refractivity contribution in [3.63, 3.8) is 0 Å². The number of halogens is 3. The predicted octanol–water partition coefficient (Wildman–Crippen LogP) is 4.11. The third-order valence-electron chi connectivity index (χ3n) is 3.02. The lowest BCUT2D eigenvalue weighted by atomic mass is 10.2. The summed E-state index contributed by atoms with van der Waals surface area (Å²) in [4.78, 5) is 4.16. The van der Waals surface area contributed by atoms with Crippen LogP contribution < -0.4 is 11.1 Å². The molecule has 0 aliphatic carbocycles. The normalized spacial score (nSPS) is 10.9. The van der Waals surface area contributed by atoms with Crippen LogP contribution in [-0.2, 0) is 6.54 Å². The molecule has 0 atom stereocenters. The second-order valence-corrected chi connectivity index (χ2v) is 4.75. The van der Waals surface area contributed by atoms with Crippen molar-refractivity contribution in [3.8, 4) is 0 Å². The fourth-order valence-electron chi connectivity index (χ4n) is 1.93. The molecule has 0 aliphatic heterocycles. The van der Waals surface area contributed by atoms with Gasteiger partial charge in [0.25, 0.3) is 0 Å². The van der Waals surface area contributed by atoms with E-state index >= 15 is 0 Å². The molecule has 120 valence electrons. The Kier molecular flexibility index (Phi) is 5.54. The van der Waals surface area contributed by atoms with Crippen LogP contribution in [0.1, 0.15) is 5.56 Å². The van der Waals surface area contributed by atoms with Crippen LogP contribution in [0.5, 0.6) is 0 Å². The van der Waals surface area contributed by atoms with Gasteiger partial charge in [-0.25, -0.2) is 5.32 Å². The van der Waals surface area contributed by atoms with Crippen molar-refractivity contribution in [3.05, 3.63) is 72.4 Å². The van der Waals surface area contributed by atoms with E-state index < -0.39 is 6.30 Å². The monoisotopic (exact) mass is 319 g/mol. The number of aromatic nitrogens is 1. The van der Waals surface area contributed by atoms with Gasteiger partial charge in [0.15, 0.2) is 0 Å². The summed E-state index contributed by atoms with van der Waals surface area (Å²) in [5.74, 6) is 0. The average Bonchev–Trinajstić information content (AvgIpc) is 2.55. The minimum absolute atomic E-state index is 0.176. The Bertz CT molecular complexity index is 737. The topological polar surface area (TPSA) is 50.9 Å². The molecule has 0 fully saturated rings. The molecule has 0 amide bonds. The number of nitrogens with zero attached hydrogens (tertiary/aromatic N) is 1. The minimum Gasteiger partial charge on any atom is -0.398 e. The van der Waals surface area contributed by atoms with Crippen molar-refractivity contribution in [2.75, 3.05) is 5.73 Å². The standard InChI is InChI=1S/C9H8N2.C8H8F3N/c10-8-4-1-5-9-7(8)3-2-6-11-9;9-8(10,11)12-6-7-4-2-1-3-5-7/h1-6H,10H2;1-5,12H,6H2. The van der Waals surface area contributed by atoms with Crippen LogP contribution in [0.2, 0.25) is 0 Å². The quantitative estimate of drug-likeness (QED) is 0.552. The highest BCUT2D eigenvalue weighted by molar-refractivity contribution is 5.89. The SMILES string of the molecule is FC(F)(F)NCc1ccccc1.Nc1cccc2ncccc12. The first-order valence-corrected chi connectivity index (χ1v) is 6.90. The molecule has 0 bridgehead atoms. The minimum atomic E-state index is -4.30. The van der Waals surface area contributed by atoms with E-state index in [1.807, 2.05) is 30.3 Å². The van der Waals surface area contributed by atoms with Crippen LogP contribution in [0.4, 0.5) is 18.9 Å². The summed E-state index contributed by atoms with van der Waals surface area (Å²) >= 11 is 0. The van der Waals surface area contributed by atoms with Crippen LogP contribution in [0.3, 0.4) is 0 Å². The number of fused-ring (bicyclic) bond motifs is 1. The van der Waals surface area contributed by atoms with E-state index in [1.165, 1.54) is 5.32 Å². The van der Waals surface area contributed by atoms with Crippen molar-refractivity contribution >= 4 is 16.6 Å². The Morgan fingerprint density at radius 3 is 2.30 bits per heavy atom. The summed E-state index contributed by atoms with van der Waals surface area (Å²) in [6, 6.07) is 18.0. The van der Waals surface area contributed by atoms with Crippen molar-refractivity contribution < 1.29 is 13.2 Å². The molecule has 2 aromatic carbocycles. The fraction of sp³-hybridized carbons (Fsp3) is 0.118. The lowest BCUT2D eigenvalue weighted by Gasteiger charge is -2.07. The molecule has 0 saturated carbocycles. The number of alkyl halides is 3. The van der Waals surface area contributed by atoms with E-state index in [0.717, 1.165) is 16.6 Å². The molecule has 23 heavy (non-hydrogen) atoms. The number of benzene rings is 2. The summed E-state index contributed by atoms with van der Waals surface area (Å²) < 4.78 is 34.9. The first kappa shape index (κ1) is 16.8. The Hall–Kier alpha value is -2.60. The second-order valence-electron chi connectivity index (χ2n) is 4.75. The highest BCUT2D eigenvalue weighted by Crippen LogP contribution is 2.17. The highest BCUT2D eigenvalue weighted by Gasteiger charge is 2.25. The molecule has 0 unspecified atom stereocenters. The van der Waals surface area contributed by atoms with Crippen molar-refractivity contribution in [2.45, 2.75) is 12.8 Å². The number of hydrogen-bond acceptors (Lipinski definition) is 3. The maximum absolute atomic E-state index is 11.6. The lowest BCUT2D eigenvalue weighted by molar-refractivity contribution is -0.158. The van der Waals surface area contributed by atoms with Gasteiger partial charge in [-0.2, -0.15) is 13.2 Å². The first-order chi connectivity index (χ1) is 11.0. The Morgan fingerprint density at radius 2 is 1.65 bits per heavy atom. The van der Waals surface area contributed by atoms with Crippen molar-refractivity contribution in [1.29, 1.82) is 0 Å².